The molecule has 0 bridgehead atoms. The molecule has 0 spiro atoms. The van der Waals surface area contributed by atoms with Gasteiger partial charge in [0, 0.05) is 32.2 Å². The van der Waals surface area contributed by atoms with Gasteiger partial charge in [0.05, 0.1) is 0 Å². The van der Waals surface area contributed by atoms with Crippen LogP contribution >= 0.6 is 0 Å². The Morgan fingerprint density at radius 1 is 1.28 bits per heavy atom. The minimum atomic E-state index is -3.77. The second-order valence-electron chi connectivity index (χ2n) is 3.84. The van der Waals surface area contributed by atoms with Gasteiger partial charge in [-0.2, -0.15) is 4.31 Å². The van der Waals surface area contributed by atoms with Crippen molar-refractivity contribution in [2.45, 2.75) is 11.4 Å². The highest BCUT2D eigenvalue weighted by atomic mass is 32.2. The van der Waals surface area contributed by atoms with Crippen molar-refractivity contribution in [3.05, 3.63) is 52.7 Å². The topological polar surface area (TPSA) is 86.0 Å². The van der Waals surface area contributed by atoms with Gasteiger partial charge in [0.2, 0.25) is 10.0 Å². The van der Waals surface area contributed by atoms with Crippen molar-refractivity contribution in [3.8, 4) is 0 Å². The molecule has 0 aromatic carbocycles. The van der Waals surface area contributed by atoms with Crippen LogP contribution in [0.15, 0.2) is 46.5 Å². The zero-order chi connectivity index (χ0) is 13.2. The zero-order valence-corrected chi connectivity index (χ0v) is 10.6. The van der Waals surface area contributed by atoms with Crippen LogP contribution in [0.25, 0.3) is 0 Å². The predicted molar refractivity (Wildman–Crippen MR) is 66.5 cm³/mol. The maximum absolute atomic E-state index is 12.2. The summed E-state index contributed by atoms with van der Waals surface area (Å²) in [6.45, 7) is 0.208. The average Bonchev–Trinajstić information content (AvgIpc) is 2.82. The number of nitrogens with zero attached hydrogens (tertiary/aromatic N) is 1. The second-order valence-corrected chi connectivity index (χ2v) is 5.86. The quantitative estimate of drug-likeness (QED) is 0.847. The monoisotopic (exact) mass is 267 g/mol. The molecular formula is C11H13N3O3S. The molecule has 0 unspecified atom stereocenters. The summed E-state index contributed by atoms with van der Waals surface area (Å²) in [6.07, 6.45) is 4.82. The summed E-state index contributed by atoms with van der Waals surface area (Å²) >= 11 is 0. The Kier molecular flexibility index (Phi) is 3.35. The van der Waals surface area contributed by atoms with Crippen LogP contribution in [0.3, 0.4) is 0 Å². The summed E-state index contributed by atoms with van der Waals surface area (Å²) in [5.74, 6) is 0. The molecular weight excluding hydrogens is 254 g/mol. The molecule has 2 N–H and O–H groups in total. The van der Waals surface area contributed by atoms with E-state index >= 15 is 0 Å². The van der Waals surface area contributed by atoms with E-state index < -0.39 is 15.6 Å². The number of pyridine rings is 1. The molecule has 2 aromatic rings. The van der Waals surface area contributed by atoms with Gasteiger partial charge in [0.1, 0.15) is 4.90 Å². The van der Waals surface area contributed by atoms with Crippen molar-refractivity contribution >= 4 is 10.0 Å². The van der Waals surface area contributed by atoms with E-state index in [9.17, 15) is 13.2 Å². The molecule has 96 valence electrons. The Morgan fingerprint density at radius 2 is 2.06 bits per heavy atom. The molecule has 2 heterocycles. The molecule has 2 rings (SSSR count). The van der Waals surface area contributed by atoms with Crippen molar-refractivity contribution < 1.29 is 8.42 Å². The van der Waals surface area contributed by atoms with Crippen molar-refractivity contribution in [1.29, 1.82) is 0 Å². The Balaban J connectivity index is 2.32. The molecule has 0 saturated carbocycles. The molecule has 2 aromatic heterocycles. The van der Waals surface area contributed by atoms with Gasteiger partial charge < -0.3 is 9.97 Å². The number of H-pyrrole nitrogens is 2. The number of hydrogen-bond acceptors (Lipinski definition) is 3. The number of rotatable bonds is 4. The van der Waals surface area contributed by atoms with Gasteiger partial charge in [-0.25, -0.2) is 8.42 Å². The molecule has 0 radical (unpaired) electrons. The van der Waals surface area contributed by atoms with Gasteiger partial charge in [-0.15, -0.1) is 0 Å². The molecule has 7 heteroatoms. The lowest BCUT2D eigenvalue weighted by atomic mass is 10.3. The molecule has 0 aliphatic carbocycles. The van der Waals surface area contributed by atoms with E-state index in [4.69, 9.17) is 0 Å². The summed E-state index contributed by atoms with van der Waals surface area (Å²) in [7, 11) is -2.33. The maximum atomic E-state index is 12.2. The summed E-state index contributed by atoms with van der Waals surface area (Å²) in [5.41, 5.74) is 0.215. The van der Waals surface area contributed by atoms with Gasteiger partial charge in [0.25, 0.3) is 5.56 Å². The fourth-order valence-electron chi connectivity index (χ4n) is 1.58. The van der Waals surface area contributed by atoms with Crippen LogP contribution in [0.4, 0.5) is 0 Å². The minimum absolute atomic E-state index is 0.208. The number of nitrogens with one attached hydrogen (secondary N) is 2. The first-order valence-corrected chi connectivity index (χ1v) is 6.71. The third kappa shape index (κ3) is 2.36. The Bertz CT molecular complexity index is 674. The first-order chi connectivity index (χ1) is 8.51. The van der Waals surface area contributed by atoms with Crippen LogP contribution in [-0.4, -0.2) is 29.7 Å². The zero-order valence-electron chi connectivity index (χ0n) is 9.75. The average molecular weight is 267 g/mol. The van der Waals surface area contributed by atoms with E-state index in [0.717, 1.165) is 9.87 Å². The normalized spacial score (nSPS) is 11.9. The van der Waals surface area contributed by atoms with Crippen LogP contribution in [0.1, 0.15) is 5.56 Å². The molecule has 0 aliphatic heterocycles. The molecule has 0 atom stereocenters. The molecule has 6 nitrogen and oxygen atoms in total. The Hall–Kier alpha value is -1.86. The summed E-state index contributed by atoms with van der Waals surface area (Å²) in [5, 5.41) is 0. The van der Waals surface area contributed by atoms with Crippen LogP contribution in [0, 0.1) is 0 Å². The van der Waals surface area contributed by atoms with Crippen LogP contribution < -0.4 is 5.56 Å². The van der Waals surface area contributed by atoms with Gasteiger partial charge in [-0.05, 0) is 23.8 Å². The second kappa shape index (κ2) is 4.79. The summed E-state index contributed by atoms with van der Waals surface area (Å²) in [6, 6.07) is 4.56. The lowest BCUT2D eigenvalue weighted by Crippen LogP contribution is -2.30. The van der Waals surface area contributed by atoms with Crippen molar-refractivity contribution in [2.75, 3.05) is 7.05 Å². The predicted octanol–water partition coefficient (Wildman–Crippen LogP) is 0.524. The SMILES string of the molecule is CN(Cc1cc[nH]c1)S(=O)(=O)c1ccc[nH]c1=O. The van der Waals surface area contributed by atoms with E-state index in [0.29, 0.717) is 0 Å². The third-order valence-electron chi connectivity index (χ3n) is 2.54. The van der Waals surface area contributed by atoms with E-state index in [1.807, 2.05) is 0 Å². The van der Waals surface area contributed by atoms with Gasteiger partial charge in [-0.3, -0.25) is 4.79 Å². The lowest BCUT2D eigenvalue weighted by Gasteiger charge is -2.15. The number of sulfonamides is 1. The maximum Gasteiger partial charge on any atom is 0.268 e. The first kappa shape index (κ1) is 12.6. The van der Waals surface area contributed by atoms with E-state index in [2.05, 4.69) is 9.97 Å². The fourth-order valence-corrected chi connectivity index (χ4v) is 2.77. The van der Waals surface area contributed by atoms with Crippen molar-refractivity contribution in [3.63, 3.8) is 0 Å². The van der Waals surface area contributed by atoms with Crippen LogP contribution in [-0.2, 0) is 16.6 Å². The lowest BCUT2D eigenvalue weighted by molar-refractivity contribution is 0.466. The summed E-state index contributed by atoms with van der Waals surface area (Å²) in [4.78, 5) is 16.5. The van der Waals surface area contributed by atoms with E-state index in [1.165, 1.54) is 25.4 Å². The third-order valence-corrected chi connectivity index (χ3v) is 4.36. The highest BCUT2D eigenvalue weighted by molar-refractivity contribution is 7.89. The highest BCUT2D eigenvalue weighted by Crippen LogP contribution is 2.12. The van der Waals surface area contributed by atoms with Crippen LogP contribution in [0.2, 0.25) is 0 Å². The smallest absolute Gasteiger partial charge is 0.268 e. The number of aromatic amines is 2. The minimum Gasteiger partial charge on any atom is -0.367 e. The van der Waals surface area contributed by atoms with E-state index in [-0.39, 0.29) is 11.4 Å². The fraction of sp³-hybridized carbons (Fsp3) is 0.182. The van der Waals surface area contributed by atoms with Crippen LogP contribution in [0.5, 0.6) is 0 Å². The summed E-state index contributed by atoms with van der Waals surface area (Å²) < 4.78 is 25.5. The largest absolute Gasteiger partial charge is 0.367 e. The van der Waals surface area contributed by atoms with Gasteiger partial charge in [-0.1, -0.05) is 0 Å². The molecule has 0 saturated heterocycles. The highest BCUT2D eigenvalue weighted by Gasteiger charge is 2.23. The van der Waals surface area contributed by atoms with Crippen molar-refractivity contribution in [2.24, 2.45) is 0 Å². The number of hydrogen-bond donors (Lipinski definition) is 2. The number of aromatic nitrogens is 2. The van der Waals surface area contributed by atoms with Gasteiger partial charge >= 0.3 is 0 Å². The molecule has 0 aliphatic rings. The van der Waals surface area contributed by atoms with Crippen molar-refractivity contribution in [1.82, 2.24) is 14.3 Å². The molecule has 18 heavy (non-hydrogen) atoms. The van der Waals surface area contributed by atoms with Gasteiger partial charge in [0.15, 0.2) is 0 Å². The Morgan fingerprint density at radius 3 is 2.67 bits per heavy atom. The standard InChI is InChI=1S/C11H13N3O3S/c1-14(8-9-4-6-12-7-9)18(16,17)10-3-2-5-13-11(10)15/h2-7,12H,8H2,1H3,(H,13,15). The van der Waals surface area contributed by atoms with E-state index in [1.54, 1.807) is 18.5 Å². The first-order valence-electron chi connectivity index (χ1n) is 5.27. The molecule has 0 fully saturated rings. The molecule has 0 amide bonds. The Labute approximate surface area is 104 Å².